The van der Waals surface area contributed by atoms with Gasteiger partial charge < -0.3 is 14.9 Å². The molecular formula is C15H18F3N5O6. The summed E-state index contributed by atoms with van der Waals surface area (Å²) in [5.74, 6) is -1.12. The van der Waals surface area contributed by atoms with Crippen molar-refractivity contribution >= 4 is 23.0 Å². The predicted molar refractivity (Wildman–Crippen MR) is 89.5 cm³/mol. The third-order valence-corrected chi connectivity index (χ3v) is 4.23. The van der Waals surface area contributed by atoms with Gasteiger partial charge in [0, 0.05) is 5.92 Å². The molecule has 4 atom stereocenters. The summed E-state index contributed by atoms with van der Waals surface area (Å²) < 4.78 is 48.6. The van der Waals surface area contributed by atoms with Crippen molar-refractivity contribution < 1.29 is 37.7 Å². The number of aliphatic hydroxyl groups is 2. The van der Waals surface area contributed by atoms with Gasteiger partial charge in [0.15, 0.2) is 17.4 Å². The number of carbonyl (C=O) groups is 1. The standard InChI is InChI=1S/C15H18F3N5O6/c1-5(2)11(26)21-14-20-10-7(12(27)22-14)19-4-23(10)13-9(29-15(16,17)18)8(25)6(3-24)28-13/h4-6,8-9,13,24-25H,3H2,1-2H3,(H2,20,21,22,26,27)/t6-,8-,9-,13?/m1/s1. The highest BCUT2D eigenvalue weighted by molar-refractivity contribution is 5.91. The Kier molecular flexibility index (Phi) is 5.62. The average Bonchev–Trinajstić information content (AvgIpc) is 3.16. The number of ether oxygens (including phenoxy) is 2. The van der Waals surface area contributed by atoms with Crippen LogP contribution in [-0.2, 0) is 14.3 Å². The first kappa shape index (κ1) is 21.2. The quantitative estimate of drug-likeness (QED) is 0.521. The van der Waals surface area contributed by atoms with Crippen molar-refractivity contribution in [1.82, 2.24) is 19.5 Å². The van der Waals surface area contributed by atoms with Crippen molar-refractivity contribution in [1.29, 1.82) is 0 Å². The molecule has 1 amide bonds. The van der Waals surface area contributed by atoms with E-state index in [4.69, 9.17) is 4.74 Å². The highest BCUT2D eigenvalue weighted by Gasteiger charge is 2.50. The van der Waals surface area contributed by atoms with E-state index in [0.29, 0.717) is 0 Å². The van der Waals surface area contributed by atoms with Crippen LogP contribution in [0.3, 0.4) is 0 Å². The van der Waals surface area contributed by atoms with E-state index < -0.39 is 54.9 Å². The molecule has 1 aliphatic heterocycles. The molecule has 0 spiro atoms. The largest absolute Gasteiger partial charge is 0.523 e. The molecule has 0 aromatic carbocycles. The molecular weight excluding hydrogens is 403 g/mol. The van der Waals surface area contributed by atoms with E-state index in [9.17, 15) is 33.0 Å². The first-order chi connectivity index (χ1) is 13.5. The lowest BCUT2D eigenvalue weighted by atomic mass is 10.1. The van der Waals surface area contributed by atoms with Gasteiger partial charge in [0.25, 0.3) is 5.56 Å². The summed E-state index contributed by atoms with van der Waals surface area (Å²) in [7, 11) is 0. The van der Waals surface area contributed by atoms with E-state index in [2.05, 4.69) is 25.0 Å². The fraction of sp³-hybridized carbons (Fsp3) is 0.600. The molecule has 0 radical (unpaired) electrons. The summed E-state index contributed by atoms with van der Waals surface area (Å²) in [6.07, 6.45) is -10.9. The Balaban J connectivity index is 2.04. The monoisotopic (exact) mass is 421 g/mol. The van der Waals surface area contributed by atoms with Gasteiger partial charge in [-0.05, 0) is 0 Å². The third-order valence-electron chi connectivity index (χ3n) is 4.23. The summed E-state index contributed by atoms with van der Waals surface area (Å²) in [6, 6.07) is 0. The molecule has 1 unspecified atom stereocenters. The molecule has 3 heterocycles. The molecule has 2 aromatic rings. The number of aromatic nitrogens is 4. The predicted octanol–water partition coefficient (Wildman–Crippen LogP) is -0.130. The molecule has 1 fully saturated rings. The van der Waals surface area contributed by atoms with E-state index in [1.165, 1.54) is 0 Å². The Labute approximate surface area is 160 Å². The minimum Gasteiger partial charge on any atom is -0.394 e. The van der Waals surface area contributed by atoms with Crippen LogP contribution in [0.4, 0.5) is 19.1 Å². The smallest absolute Gasteiger partial charge is 0.394 e. The lowest BCUT2D eigenvalue weighted by molar-refractivity contribution is -0.355. The van der Waals surface area contributed by atoms with Crippen LogP contribution in [0.1, 0.15) is 20.1 Å². The van der Waals surface area contributed by atoms with Gasteiger partial charge in [0.1, 0.15) is 18.3 Å². The number of anilines is 1. The van der Waals surface area contributed by atoms with Crippen molar-refractivity contribution in [3.05, 3.63) is 16.7 Å². The molecule has 11 nitrogen and oxygen atoms in total. The lowest BCUT2D eigenvalue weighted by Crippen LogP contribution is -2.39. The van der Waals surface area contributed by atoms with Gasteiger partial charge in [-0.15, -0.1) is 13.2 Å². The maximum absolute atomic E-state index is 12.8. The number of amides is 1. The molecule has 160 valence electrons. The molecule has 0 saturated carbocycles. The SMILES string of the molecule is CC(C)C(=O)Nc1nc2c(ncn2C2O[C@H](CO)[C@@H](O)[C@H]2OC(F)(F)F)c(=O)[nH]1. The van der Waals surface area contributed by atoms with Gasteiger partial charge >= 0.3 is 6.36 Å². The number of aromatic amines is 1. The number of nitrogens with zero attached hydrogens (tertiary/aromatic N) is 3. The number of halogens is 3. The number of rotatable bonds is 5. The van der Waals surface area contributed by atoms with Crippen LogP contribution in [-0.4, -0.2) is 66.9 Å². The molecule has 14 heteroatoms. The summed E-state index contributed by atoms with van der Waals surface area (Å²) in [5.41, 5.74) is -1.19. The van der Waals surface area contributed by atoms with Gasteiger partial charge in [-0.3, -0.25) is 29.2 Å². The Bertz CT molecular complexity index is 958. The highest BCUT2D eigenvalue weighted by Crippen LogP contribution is 2.36. The molecule has 1 saturated heterocycles. The summed E-state index contributed by atoms with van der Waals surface area (Å²) in [4.78, 5) is 34.2. The van der Waals surface area contributed by atoms with Crippen LogP contribution >= 0.6 is 0 Å². The van der Waals surface area contributed by atoms with Crippen LogP contribution in [0, 0.1) is 5.92 Å². The van der Waals surface area contributed by atoms with Gasteiger partial charge in [-0.1, -0.05) is 13.8 Å². The maximum Gasteiger partial charge on any atom is 0.523 e. The molecule has 2 aromatic heterocycles. The van der Waals surface area contributed by atoms with Gasteiger partial charge in [-0.25, -0.2) is 4.98 Å². The van der Waals surface area contributed by atoms with Gasteiger partial charge in [0.05, 0.1) is 12.9 Å². The second kappa shape index (κ2) is 7.70. The zero-order chi connectivity index (χ0) is 21.5. The second-order valence-electron chi connectivity index (χ2n) is 6.65. The van der Waals surface area contributed by atoms with Crippen LogP contribution in [0.15, 0.2) is 11.1 Å². The summed E-state index contributed by atoms with van der Waals surface area (Å²) in [6.45, 7) is 2.45. The number of hydrogen-bond donors (Lipinski definition) is 4. The average molecular weight is 421 g/mol. The zero-order valence-corrected chi connectivity index (χ0v) is 15.2. The number of hydrogen-bond acceptors (Lipinski definition) is 8. The molecule has 3 rings (SSSR count). The molecule has 0 bridgehead atoms. The summed E-state index contributed by atoms with van der Waals surface area (Å²) >= 11 is 0. The van der Waals surface area contributed by atoms with Crippen molar-refractivity contribution in [2.24, 2.45) is 5.92 Å². The minimum absolute atomic E-state index is 0.209. The maximum atomic E-state index is 12.8. The number of imidazole rings is 1. The van der Waals surface area contributed by atoms with Crippen molar-refractivity contribution in [2.75, 3.05) is 11.9 Å². The Morgan fingerprint density at radius 3 is 2.76 bits per heavy atom. The first-order valence-electron chi connectivity index (χ1n) is 8.48. The van der Waals surface area contributed by atoms with Gasteiger partial charge in [-0.2, -0.15) is 4.98 Å². The first-order valence-corrected chi connectivity index (χ1v) is 8.48. The zero-order valence-electron chi connectivity index (χ0n) is 15.2. The number of fused-ring (bicyclic) bond motifs is 1. The number of H-pyrrole nitrogens is 1. The normalized spacial score (nSPS) is 25.1. The van der Waals surface area contributed by atoms with Crippen molar-refractivity contribution in [3.8, 4) is 0 Å². The fourth-order valence-electron chi connectivity index (χ4n) is 2.81. The van der Waals surface area contributed by atoms with Crippen LogP contribution in [0.2, 0.25) is 0 Å². The van der Waals surface area contributed by atoms with E-state index in [1.807, 2.05) is 0 Å². The fourth-order valence-corrected chi connectivity index (χ4v) is 2.81. The Morgan fingerprint density at radius 2 is 2.17 bits per heavy atom. The van der Waals surface area contributed by atoms with Crippen molar-refractivity contribution in [3.63, 3.8) is 0 Å². The lowest BCUT2D eigenvalue weighted by Gasteiger charge is -2.23. The Morgan fingerprint density at radius 1 is 1.48 bits per heavy atom. The van der Waals surface area contributed by atoms with E-state index in [1.54, 1.807) is 13.8 Å². The van der Waals surface area contributed by atoms with Crippen LogP contribution in [0.5, 0.6) is 0 Å². The Hall–Kier alpha value is -2.55. The number of alkyl halides is 3. The van der Waals surface area contributed by atoms with E-state index in [0.717, 1.165) is 10.9 Å². The van der Waals surface area contributed by atoms with Crippen LogP contribution in [0.25, 0.3) is 11.2 Å². The van der Waals surface area contributed by atoms with E-state index in [-0.39, 0.29) is 17.1 Å². The molecule has 0 aliphatic carbocycles. The molecule has 1 aliphatic rings. The number of nitrogens with one attached hydrogen (secondary N) is 2. The second-order valence-corrected chi connectivity index (χ2v) is 6.65. The molecule has 29 heavy (non-hydrogen) atoms. The third kappa shape index (κ3) is 4.24. The highest BCUT2D eigenvalue weighted by atomic mass is 19.4. The summed E-state index contributed by atoms with van der Waals surface area (Å²) in [5, 5.41) is 21.7. The van der Waals surface area contributed by atoms with Gasteiger partial charge in [0.2, 0.25) is 11.9 Å². The number of carbonyl (C=O) groups excluding carboxylic acids is 1. The minimum atomic E-state index is -5.10. The topological polar surface area (TPSA) is 152 Å². The molecule has 4 N–H and O–H groups in total. The van der Waals surface area contributed by atoms with Crippen LogP contribution < -0.4 is 10.9 Å². The number of aliphatic hydroxyl groups excluding tert-OH is 2. The van der Waals surface area contributed by atoms with E-state index >= 15 is 0 Å². The van der Waals surface area contributed by atoms with Crippen molar-refractivity contribution in [2.45, 2.75) is 44.7 Å².